The van der Waals surface area contributed by atoms with Crippen molar-refractivity contribution in [1.82, 2.24) is 0 Å². The molecule has 0 aromatic rings. The van der Waals surface area contributed by atoms with Gasteiger partial charge in [-0.1, -0.05) is 31.2 Å². The van der Waals surface area contributed by atoms with Gasteiger partial charge in [0.1, 0.15) is 5.78 Å². The van der Waals surface area contributed by atoms with Gasteiger partial charge in [0.25, 0.3) is 0 Å². The van der Waals surface area contributed by atoms with Crippen molar-refractivity contribution in [3.63, 3.8) is 0 Å². The van der Waals surface area contributed by atoms with Crippen LogP contribution in [0.4, 0.5) is 0 Å². The van der Waals surface area contributed by atoms with Crippen molar-refractivity contribution >= 4 is 11.8 Å². The molecule has 0 aromatic carbocycles. The number of hydrogen-bond acceptors (Lipinski definition) is 3. The number of aliphatic carboxylic acids is 1. The molecule has 3 unspecified atom stereocenters. The fourth-order valence-electron chi connectivity index (χ4n) is 2.78. The van der Waals surface area contributed by atoms with Gasteiger partial charge in [0.15, 0.2) is 0 Å². The first-order valence-electron chi connectivity index (χ1n) is 8.30. The number of hydrogen-bond donors (Lipinski definition) is 2. The molecule has 1 aliphatic rings. The minimum Gasteiger partial charge on any atom is -0.481 e. The maximum atomic E-state index is 11.9. The SMILES string of the molecule is CCC(O)/C=C/C1CCC(=O)C1C/C=C/CCCCC(=O)O. The van der Waals surface area contributed by atoms with Crippen LogP contribution >= 0.6 is 0 Å². The normalized spacial score (nSPS) is 23.6. The summed E-state index contributed by atoms with van der Waals surface area (Å²) in [4.78, 5) is 22.3. The maximum Gasteiger partial charge on any atom is 0.303 e. The maximum absolute atomic E-state index is 11.9. The highest BCUT2D eigenvalue weighted by molar-refractivity contribution is 5.83. The van der Waals surface area contributed by atoms with E-state index in [4.69, 9.17) is 5.11 Å². The van der Waals surface area contributed by atoms with Crippen LogP contribution < -0.4 is 0 Å². The molecule has 0 amide bonds. The van der Waals surface area contributed by atoms with Crippen molar-refractivity contribution in [2.24, 2.45) is 11.8 Å². The summed E-state index contributed by atoms with van der Waals surface area (Å²) < 4.78 is 0. The van der Waals surface area contributed by atoms with Crippen molar-refractivity contribution in [3.8, 4) is 0 Å². The Hall–Kier alpha value is -1.42. The standard InChI is InChI=1S/C18H28O4/c1-2-15(19)12-10-14-11-13-17(20)16(14)8-6-4-3-5-7-9-18(21)22/h4,6,10,12,14-16,19H,2-3,5,7-9,11,13H2,1H3,(H,21,22)/b6-4+,12-10+. The number of allylic oxidation sites excluding steroid dienone is 3. The number of Topliss-reactive ketones (excluding diaryl/α,β-unsaturated/α-hetero) is 1. The molecule has 1 aliphatic carbocycles. The Morgan fingerprint density at radius 1 is 1.36 bits per heavy atom. The predicted octanol–water partition coefficient (Wildman–Crippen LogP) is 3.50. The quantitative estimate of drug-likeness (QED) is 0.478. The molecule has 0 saturated heterocycles. The van der Waals surface area contributed by atoms with Crippen LogP contribution in [0.25, 0.3) is 0 Å². The molecular weight excluding hydrogens is 280 g/mol. The van der Waals surface area contributed by atoms with E-state index in [1.807, 2.05) is 25.2 Å². The molecule has 1 fully saturated rings. The number of rotatable bonds is 10. The van der Waals surface area contributed by atoms with Crippen molar-refractivity contribution in [2.75, 3.05) is 0 Å². The lowest BCUT2D eigenvalue weighted by Gasteiger charge is -2.13. The third-order valence-corrected chi connectivity index (χ3v) is 4.22. The highest BCUT2D eigenvalue weighted by Gasteiger charge is 2.31. The molecule has 3 atom stereocenters. The summed E-state index contributed by atoms with van der Waals surface area (Å²) in [5.41, 5.74) is 0. The summed E-state index contributed by atoms with van der Waals surface area (Å²) >= 11 is 0. The average molecular weight is 308 g/mol. The topological polar surface area (TPSA) is 74.6 Å². The zero-order valence-corrected chi connectivity index (χ0v) is 13.4. The monoisotopic (exact) mass is 308 g/mol. The van der Waals surface area contributed by atoms with E-state index >= 15 is 0 Å². The molecule has 0 spiro atoms. The molecule has 0 bridgehead atoms. The van der Waals surface area contributed by atoms with Crippen LogP contribution in [0.1, 0.15) is 58.3 Å². The summed E-state index contributed by atoms with van der Waals surface area (Å²) in [5.74, 6) is -0.151. The molecule has 0 aliphatic heterocycles. The lowest BCUT2D eigenvalue weighted by Crippen LogP contribution is -2.13. The Kier molecular flexibility index (Phi) is 8.75. The second kappa shape index (κ2) is 10.3. The van der Waals surface area contributed by atoms with Gasteiger partial charge < -0.3 is 10.2 Å². The van der Waals surface area contributed by atoms with E-state index in [0.29, 0.717) is 25.0 Å². The van der Waals surface area contributed by atoms with Gasteiger partial charge in [-0.05, 0) is 44.4 Å². The molecule has 1 saturated carbocycles. The van der Waals surface area contributed by atoms with E-state index in [1.54, 1.807) is 0 Å². The van der Waals surface area contributed by atoms with E-state index in [2.05, 4.69) is 6.08 Å². The van der Waals surface area contributed by atoms with E-state index < -0.39 is 12.1 Å². The van der Waals surface area contributed by atoms with Crippen LogP contribution in [-0.4, -0.2) is 28.1 Å². The number of aliphatic hydroxyl groups excluding tert-OH is 1. The molecule has 1 rings (SSSR count). The Morgan fingerprint density at radius 3 is 2.82 bits per heavy atom. The first kappa shape index (κ1) is 18.6. The van der Waals surface area contributed by atoms with E-state index in [-0.39, 0.29) is 18.3 Å². The fourth-order valence-corrected chi connectivity index (χ4v) is 2.78. The van der Waals surface area contributed by atoms with Crippen molar-refractivity contribution in [2.45, 2.75) is 64.4 Å². The third-order valence-electron chi connectivity index (χ3n) is 4.22. The Labute approximate surface area is 132 Å². The van der Waals surface area contributed by atoms with Gasteiger partial charge >= 0.3 is 5.97 Å². The average Bonchev–Trinajstić information content (AvgIpc) is 2.84. The number of carbonyl (C=O) groups is 2. The number of aliphatic hydroxyl groups is 1. The smallest absolute Gasteiger partial charge is 0.303 e. The van der Waals surface area contributed by atoms with Gasteiger partial charge in [0, 0.05) is 18.8 Å². The lowest BCUT2D eigenvalue weighted by molar-refractivity contribution is -0.137. The summed E-state index contributed by atoms with van der Waals surface area (Å²) in [5, 5.41) is 18.1. The lowest BCUT2D eigenvalue weighted by atomic mass is 9.91. The van der Waals surface area contributed by atoms with Crippen LogP contribution in [0.15, 0.2) is 24.3 Å². The fraction of sp³-hybridized carbons (Fsp3) is 0.667. The number of carbonyl (C=O) groups excluding carboxylic acids is 1. The van der Waals surface area contributed by atoms with Crippen LogP contribution in [0.2, 0.25) is 0 Å². The van der Waals surface area contributed by atoms with E-state index in [1.165, 1.54) is 0 Å². The van der Waals surface area contributed by atoms with Crippen molar-refractivity contribution in [3.05, 3.63) is 24.3 Å². The Bertz CT molecular complexity index is 411. The third kappa shape index (κ3) is 7.03. The second-order valence-electron chi connectivity index (χ2n) is 5.98. The first-order chi connectivity index (χ1) is 10.5. The highest BCUT2D eigenvalue weighted by Crippen LogP contribution is 2.32. The van der Waals surface area contributed by atoms with Crippen molar-refractivity contribution < 1.29 is 19.8 Å². The number of carboxylic acid groups (broad SMARTS) is 1. The van der Waals surface area contributed by atoms with Gasteiger partial charge in [-0.25, -0.2) is 0 Å². The molecule has 4 nitrogen and oxygen atoms in total. The summed E-state index contributed by atoms with van der Waals surface area (Å²) in [6, 6.07) is 0. The summed E-state index contributed by atoms with van der Waals surface area (Å²) in [7, 11) is 0. The van der Waals surface area contributed by atoms with Gasteiger partial charge in [0.05, 0.1) is 6.10 Å². The molecule has 22 heavy (non-hydrogen) atoms. The van der Waals surface area contributed by atoms with Crippen LogP contribution in [0.3, 0.4) is 0 Å². The highest BCUT2D eigenvalue weighted by atomic mass is 16.4. The second-order valence-corrected chi connectivity index (χ2v) is 5.98. The van der Waals surface area contributed by atoms with E-state index in [9.17, 15) is 14.7 Å². The molecule has 4 heteroatoms. The molecule has 124 valence electrons. The minimum atomic E-state index is -0.746. The molecule has 0 aromatic heterocycles. The summed E-state index contributed by atoms with van der Waals surface area (Å²) in [6.07, 6.45) is 13.1. The largest absolute Gasteiger partial charge is 0.481 e. The van der Waals surface area contributed by atoms with Crippen LogP contribution in [-0.2, 0) is 9.59 Å². The Morgan fingerprint density at radius 2 is 2.14 bits per heavy atom. The predicted molar refractivity (Wildman–Crippen MR) is 86.5 cm³/mol. The van der Waals surface area contributed by atoms with Crippen LogP contribution in [0.5, 0.6) is 0 Å². The van der Waals surface area contributed by atoms with Gasteiger partial charge in [-0.2, -0.15) is 0 Å². The zero-order chi connectivity index (χ0) is 16.4. The zero-order valence-electron chi connectivity index (χ0n) is 13.4. The van der Waals surface area contributed by atoms with Crippen molar-refractivity contribution in [1.29, 1.82) is 0 Å². The molecule has 0 heterocycles. The van der Waals surface area contributed by atoms with Gasteiger partial charge in [0.2, 0.25) is 0 Å². The summed E-state index contributed by atoms with van der Waals surface area (Å²) in [6.45, 7) is 1.93. The van der Waals surface area contributed by atoms with Crippen LogP contribution in [0, 0.1) is 11.8 Å². The minimum absolute atomic E-state index is 0.0376. The molecular formula is C18H28O4. The first-order valence-corrected chi connectivity index (χ1v) is 8.30. The molecule has 2 N–H and O–H groups in total. The number of ketones is 1. The number of unbranched alkanes of at least 4 members (excludes halogenated alkanes) is 2. The van der Waals surface area contributed by atoms with E-state index in [0.717, 1.165) is 25.7 Å². The van der Waals surface area contributed by atoms with Gasteiger partial charge in [-0.15, -0.1) is 0 Å². The Balaban J connectivity index is 2.33. The van der Waals surface area contributed by atoms with Gasteiger partial charge in [-0.3, -0.25) is 9.59 Å². The number of carboxylic acids is 1. The molecule has 0 radical (unpaired) electrons.